The summed E-state index contributed by atoms with van der Waals surface area (Å²) in [5.74, 6) is -0.818. The fourth-order valence-corrected chi connectivity index (χ4v) is 11.5. The van der Waals surface area contributed by atoms with E-state index in [1.807, 2.05) is 0 Å². The molecule has 1 unspecified atom stereocenters. The van der Waals surface area contributed by atoms with Crippen molar-refractivity contribution < 1.29 is 28.6 Å². The van der Waals surface area contributed by atoms with E-state index in [0.717, 1.165) is 57.8 Å². The molecule has 0 rings (SSSR count). The molecule has 0 amide bonds. The van der Waals surface area contributed by atoms with Crippen LogP contribution in [0.5, 0.6) is 0 Å². The molecule has 0 aromatic rings. The highest BCUT2D eigenvalue weighted by Gasteiger charge is 2.20. The summed E-state index contributed by atoms with van der Waals surface area (Å²) >= 11 is 0. The largest absolute Gasteiger partial charge is 0.462 e. The Morgan fingerprint density at radius 2 is 0.346 bits per heavy atom. The first kappa shape index (κ1) is 76.4. The van der Waals surface area contributed by atoms with E-state index in [-0.39, 0.29) is 31.1 Å². The summed E-state index contributed by atoms with van der Waals surface area (Å²) in [6, 6.07) is 0. The molecular formula is C72H140O6. The second kappa shape index (κ2) is 67.9. The minimum Gasteiger partial charge on any atom is -0.462 e. The van der Waals surface area contributed by atoms with E-state index < -0.39 is 6.10 Å². The molecule has 0 aliphatic heterocycles. The standard InChI is InChI=1S/C72H140O6/c1-4-7-10-13-16-19-22-25-28-31-33-34-35-36-37-38-39-40-42-44-47-50-53-56-59-62-65-71(74)77-68-69(67-76-70(73)64-61-58-55-52-49-46-43-30-27-24-21-18-15-12-9-6-3)78-72(75)66-63-60-57-54-51-48-45-41-32-29-26-23-20-17-14-11-8-5-2/h69H,4-68H2,1-3H3. The number of hydrogen-bond acceptors (Lipinski definition) is 6. The first-order valence-corrected chi connectivity index (χ1v) is 36.0. The molecule has 1 atom stereocenters. The van der Waals surface area contributed by atoms with E-state index in [1.165, 1.54) is 327 Å². The third-order valence-corrected chi connectivity index (χ3v) is 16.9. The van der Waals surface area contributed by atoms with Crippen LogP contribution >= 0.6 is 0 Å². The minimum atomic E-state index is -0.763. The second-order valence-electron chi connectivity index (χ2n) is 24.9. The average Bonchev–Trinajstić information content (AvgIpc) is 3.44. The molecule has 464 valence electrons. The molecule has 0 spiro atoms. The van der Waals surface area contributed by atoms with E-state index >= 15 is 0 Å². The maximum absolute atomic E-state index is 12.9. The molecular weight excluding hydrogens is 961 g/mol. The van der Waals surface area contributed by atoms with Crippen molar-refractivity contribution in [1.29, 1.82) is 0 Å². The molecule has 78 heavy (non-hydrogen) atoms. The summed E-state index contributed by atoms with van der Waals surface area (Å²) in [6.07, 6.45) is 79.9. The molecule has 0 aliphatic carbocycles. The highest BCUT2D eigenvalue weighted by molar-refractivity contribution is 5.71. The molecule has 0 heterocycles. The van der Waals surface area contributed by atoms with Gasteiger partial charge in [0.25, 0.3) is 0 Å². The molecule has 6 nitrogen and oxygen atoms in total. The summed E-state index contributed by atoms with van der Waals surface area (Å²) in [5, 5.41) is 0. The Morgan fingerprint density at radius 1 is 0.205 bits per heavy atom. The van der Waals surface area contributed by atoms with Gasteiger partial charge in [-0.05, 0) is 19.3 Å². The van der Waals surface area contributed by atoms with Gasteiger partial charge in [-0.1, -0.05) is 387 Å². The zero-order chi connectivity index (χ0) is 56.4. The molecule has 0 fully saturated rings. The Kier molecular flexibility index (Phi) is 66.5. The van der Waals surface area contributed by atoms with Crippen LogP contribution in [-0.4, -0.2) is 37.2 Å². The number of esters is 3. The van der Waals surface area contributed by atoms with E-state index in [2.05, 4.69) is 20.8 Å². The van der Waals surface area contributed by atoms with Crippen molar-refractivity contribution in [2.75, 3.05) is 13.2 Å². The monoisotopic (exact) mass is 1100 g/mol. The lowest BCUT2D eigenvalue weighted by molar-refractivity contribution is -0.167. The number of carbonyl (C=O) groups is 3. The van der Waals surface area contributed by atoms with Crippen LogP contribution in [0.4, 0.5) is 0 Å². The van der Waals surface area contributed by atoms with Crippen LogP contribution in [-0.2, 0) is 28.6 Å². The van der Waals surface area contributed by atoms with Crippen molar-refractivity contribution in [3.63, 3.8) is 0 Å². The van der Waals surface area contributed by atoms with Crippen LogP contribution in [0.25, 0.3) is 0 Å². The van der Waals surface area contributed by atoms with Gasteiger partial charge < -0.3 is 14.2 Å². The van der Waals surface area contributed by atoms with Crippen molar-refractivity contribution in [2.45, 2.75) is 431 Å². The second-order valence-corrected chi connectivity index (χ2v) is 24.9. The normalized spacial score (nSPS) is 11.9. The number of unbranched alkanes of at least 4 members (excludes halogenated alkanes) is 57. The zero-order valence-corrected chi connectivity index (χ0v) is 53.5. The van der Waals surface area contributed by atoms with Crippen molar-refractivity contribution in [3.8, 4) is 0 Å². The molecule has 0 N–H and O–H groups in total. The molecule has 0 aromatic heterocycles. The number of ether oxygens (including phenoxy) is 3. The predicted molar refractivity (Wildman–Crippen MR) is 340 cm³/mol. The lowest BCUT2D eigenvalue weighted by atomic mass is 10.0. The van der Waals surface area contributed by atoms with Crippen LogP contribution in [0.3, 0.4) is 0 Å². The topological polar surface area (TPSA) is 78.9 Å². The summed E-state index contributed by atoms with van der Waals surface area (Å²) in [5.41, 5.74) is 0. The maximum Gasteiger partial charge on any atom is 0.306 e. The van der Waals surface area contributed by atoms with Gasteiger partial charge in [0.1, 0.15) is 13.2 Å². The Bertz CT molecular complexity index is 1170. The molecule has 0 saturated carbocycles. The van der Waals surface area contributed by atoms with Crippen LogP contribution in [0, 0.1) is 0 Å². The lowest BCUT2D eigenvalue weighted by Gasteiger charge is -2.18. The Labute approximate surface area is 488 Å². The lowest BCUT2D eigenvalue weighted by Crippen LogP contribution is -2.30. The van der Waals surface area contributed by atoms with Crippen molar-refractivity contribution in [1.82, 2.24) is 0 Å². The first-order chi connectivity index (χ1) is 38.5. The van der Waals surface area contributed by atoms with Gasteiger partial charge in [-0.3, -0.25) is 14.4 Å². The predicted octanol–water partition coefficient (Wildman–Crippen LogP) is 24.6. The Balaban J connectivity index is 4.20. The zero-order valence-electron chi connectivity index (χ0n) is 53.5. The van der Waals surface area contributed by atoms with E-state index in [4.69, 9.17) is 14.2 Å². The summed E-state index contributed by atoms with van der Waals surface area (Å²) in [6.45, 7) is 6.75. The van der Waals surface area contributed by atoms with Gasteiger partial charge in [0.05, 0.1) is 0 Å². The van der Waals surface area contributed by atoms with Gasteiger partial charge in [-0.15, -0.1) is 0 Å². The molecule has 0 saturated heterocycles. The van der Waals surface area contributed by atoms with Crippen molar-refractivity contribution >= 4 is 17.9 Å². The SMILES string of the molecule is CCCCCCCCCCCCCCCCCCCCCCCCCCCCC(=O)OCC(COC(=O)CCCCCCCCCCCCCCCCCC)OC(=O)CCCCCCCCCCCCCCCCCCCC. The summed E-state index contributed by atoms with van der Waals surface area (Å²) < 4.78 is 17.0. The van der Waals surface area contributed by atoms with Crippen molar-refractivity contribution in [3.05, 3.63) is 0 Å². The highest BCUT2D eigenvalue weighted by Crippen LogP contribution is 2.20. The van der Waals surface area contributed by atoms with Crippen LogP contribution in [0.2, 0.25) is 0 Å². The van der Waals surface area contributed by atoms with Crippen LogP contribution in [0.1, 0.15) is 425 Å². The number of hydrogen-bond donors (Lipinski definition) is 0. The average molecular weight is 1100 g/mol. The maximum atomic E-state index is 12.9. The molecule has 0 bridgehead atoms. The third-order valence-electron chi connectivity index (χ3n) is 16.9. The van der Waals surface area contributed by atoms with E-state index in [0.29, 0.717) is 19.3 Å². The van der Waals surface area contributed by atoms with Gasteiger partial charge in [0.2, 0.25) is 0 Å². The van der Waals surface area contributed by atoms with E-state index in [1.54, 1.807) is 0 Å². The van der Waals surface area contributed by atoms with Gasteiger partial charge in [-0.25, -0.2) is 0 Å². The van der Waals surface area contributed by atoms with Gasteiger partial charge in [0, 0.05) is 19.3 Å². The van der Waals surface area contributed by atoms with Gasteiger partial charge in [0.15, 0.2) is 6.10 Å². The molecule has 0 aliphatic rings. The quantitative estimate of drug-likeness (QED) is 0.0343. The van der Waals surface area contributed by atoms with Gasteiger partial charge >= 0.3 is 17.9 Å². The first-order valence-electron chi connectivity index (χ1n) is 36.0. The molecule has 0 radical (unpaired) electrons. The van der Waals surface area contributed by atoms with Crippen molar-refractivity contribution in [2.24, 2.45) is 0 Å². The molecule has 6 heteroatoms. The van der Waals surface area contributed by atoms with Crippen LogP contribution in [0.15, 0.2) is 0 Å². The van der Waals surface area contributed by atoms with Gasteiger partial charge in [-0.2, -0.15) is 0 Å². The minimum absolute atomic E-state index is 0.0600. The molecule has 0 aromatic carbocycles. The Hall–Kier alpha value is -1.59. The fraction of sp³-hybridized carbons (Fsp3) is 0.958. The Morgan fingerprint density at radius 3 is 0.513 bits per heavy atom. The third kappa shape index (κ3) is 65.2. The number of rotatable bonds is 68. The summed E-state index contributed by atoms with van der Waals surface area (Å²) in [7, 11) is 0. The highest BCUT2D eigenvalue weighted by atomic mass is 16.6. The van der Waals surface area contributed by atoms with E-state index in [9.17, 15) is 14.4 Å². The number of carbonyl (C=O) groups excluding carboxylic acids is 3. The fourth-order valence-electron chi connectivity index (χ4n) is 11.5. The van der Waals surface area contributed by atoms with Crippen LogP contribution < -0.4 is 0 Å². The smallest absolute Gasteiger partial charge is 0.306 e. The summed E-state index contributed by atoms with van der Waals surface area (Å²) in [4.78, 5) is 38.5.